The fourth-order valence-electron chi connectivity index (χ4n) is 1.26. The van der Waals surface area contributed by atoms with Crippen molar-refractivity contribution in [2.24, 2.45) is 0 Å². The lowest BCUT2D eigenvalue weighted by Gasteiger charge is -1.91. The highest BCUT2D eigenvalue weighted by molar-refractivity contribution is 5.37. The highest BCUT2D eigenvalue weighted by atomic mass is 14.0. The Hall–Kier alpha value is -1.04. The summed E-state index contributed by atoms with van der Waals surface area (Å²) in [5.74, 6) is 0. The van der Waals surface area contributed by atoms with E-state index in [1.165, 1.54) is 11.1 Å². The smallest absolute Gasteiger partial charge is 0.0154 e. The third-order valence-corrected chi connectivity index (χ3v) is 1.99. The van der Waals surface area contributed by atoms with Crippen molar-refractivity contribution in [2.45, 2.75) is 26.7 Å². The second-order valence-corrected chi connectivity index (χ2v) is 2.91. The van der Waals surface area contributed by atoms with E-state index in [4.69, 9.17) is 0 Å². The minimum absolute atomic E-state index is 1.07. The predicted molar refractivity (Wildman–Crippen MR) is 55.0 cm³/mol. The Balaban J connectivity index is 2.70. The van der Waals surface area contributed by atoms with Crippen LogP contribution < -0.4 is 0 Å². The Kier molecular flexibility index (Phi) is 3.59. The minimum atomic E-state index is 1.07. The molecule has 0 heterocycles. The van der Waals surface area contributed by atoms with Gasteiger partial charge in [-0.2, -0.15) is 0 Å². The maximum atomic E-state index is 2.28. The molecule has 64 valence electrons. The van der Waals surface area contributed by atoms with Crippen LogP contribution in [0.2, 0.25) is 0 Å². The van der Waals surface area contributed by atoms with Crippen LogP contribution in [0.15, 0.2) is 47.6 Å². The van der Waals surface area contributed by atoms with E-state index in [9.17, 15) is 0 Å². The van der Waals surface area contributed by atoms with Crippen molar-refractivity contribution in [3.05, 3.63) is 47.6 Å². The van der Waals surface area contributed by atoms with E-state index in [1.54, 1.807) is 0 Å². The zero-order valence-electron chi connectivity index (χ0n) is 7.88. The van der Waals surface area contributed by atoms with Gasteiger partial charge < -0.3 is 0 Å². The standard InChI is InChI=1S/C12H16/c1-3-6-12-8-5-7-11(4-2)9-10-12/h3,6-10H,4-5H2,1-2H3/b6-3+. The molecule has 0 amide bonds. The van der Waals surface area contributed by atoms with Crippen LogP contribution in [0.25, 0.3) is 0 Å². The lowest BCUT2D eigenvalue weighted by atomic mass is 10.2. The molecule has 0 saturated carbocycles. The third kappa shape index (κ3) is 2.54. The molecule has 0 bridgehead atoms. The Morgan fingerprint density at radius 2 is 2.17 bits per heavy atom. The molecule has 0 aromatic rings. The summed E-state index contributed by atoms with van der Waals surface area (Å²) in [6.45, 7) is 4.24. The van der Waals surface area contributed by atoms with Crippen molar-refractivity contribution in [3.63, 3.8) is 0 Å². The fourth-order valence-corrected chi connectivity index (χ4v) is 1.26. The van der Waals surface area contributed by atoms with Gasteiger partial charge in [-0.15, -0.1) is 0 Å². The molecule has 0 aromatic heterocycles. The van der Waals surface area contributed by atoms with Crippen LogP contribution in [-0.4, -0.2) is 0 Å². The quantitative estimate of drug-likeness (QED) is 0.576. The molecule has 0 aliphatic heterocycles. The van der Waals surface area contributed by atoms with Gasteiger partial charge in [0.25, 0.3) is 0 Å². The Morgan fingerprint density at radius 1 is 1.33 bits per heavy atom. The molecule has 0 saturated heterocycles. The van der Waals surface area contributed by atoms with E-state index in [0.717, 1.165) is 12.8 Å². The van der Waals surface area contributed by atoms with E-state index >= 15 is 0 Å². The number of allylic oxidation sites excluding steroid dienone is 8. The molecule has 0 aromatic carbocycles. The van der Waals surface area contributed by atoms with Crippen molar-refractivity contribution in [1.82, 2.24) is 0 Å². The van der Waals surface area contributed by atoms with Gasteiger partial charge in [0.15, 0.2) is 0 Å². The van der Waals surface area contributed by atoms with Gasteiger partial charge in [0.2, 0.25) is 0 Å². The first-order valence-corrected chi connectivity index (χ1v) is 4.56. The zero-order chi connectivity index (χ0) is 8.81. The molecular formula is C12H16. The van der Waals surface area contributed by atoms with Gasteiger partial charge in [-0.05, 0) is 25.3 Å². The van der Waals surface area contributed by atoms with Crippen LogP contribution >= 0.6 is 0 Å². The average molecular weight is 160 g/mol. The number of rotatable bonds is 2. The van der Waals surface area contributed by atoms with Crippen LogP contribution in [0, 0.1) is 0 Å². The summed E-state index contributed by atoms with van der Waals surface area (Å²) in [6, 6.07) is 0. The fraction of sp³-hybridized carbons (Fsp3) is 0.333. The van der Waals surface area contributed by atoms with Gasteiger partial charge in [-0.25, -0.2) is 0 Å². The van der Waals surface area contributed by atoms with E-state index in [1.807, 2.05) is 6.92 Å². The zero-order valence-corrected chi connectivity index (χ0v) is 7.88. The molecule has 0 heteroatoms. The molecule has 0 atom stereocenters. The molecule has 1 aliphatic rings. The minimum Gasteiger partial charge on any atom is -0.0871 e. The monoisotopic (exact) mass is 160 g/mol. The average Bonchev–Trinajstić information content (AvgIpc) is 2.31. The van der Waals surface area contributed by atoms with Crippen molar-refractivity contribution in [2.75, 3.05) is 0 Å². The van der Waals surface area contributed by atoms with E-state index < -0.39 is 0 Å². The second kappa shape index (κ2) is 4.76. The third-order valence-electron chi connectivity index (χ3n) is 1.99. The van der Waals surface area contributed by atoms with E-state index in [-0.39, 0.29) is 0 Å². The van der Waals surface area contributed by atoms with E-state index in [2.05, 4.69) is 43.4 Å². The molecule has 0 fully saturated rings. The first-order chi connectivity index (χ1) is 5.86. The summed E-state index contributed by atoms with van der Waals surface area (Å²) >= 11 is 0. The van der Waals surface area contributed by atoms with Gasteiger partial charge in [0, 0.05) is 0 Å². The number of hydrogen-bond acceptors (Lipinski definition) is 0. The van der Waals surface area contributed by atoms with Gasteiger partial charge in [-0.3, -0.25) is 0 Å². The predicted octanol–water partition coefficient (Wildman–Crippen LogP) is 3.79. The van der Waals surface area contributed by atoms with Crippen molar-refractivity contribution < 1.29 is 0 Å². The Morgan fingerprint density at radius 3 is 2.83 bits per heavy atom. The van der Waals surface area contributed by atoms with Gasteiger partial charge in [0.05, 0.1) is 0 Å². The van der Waals surface area contributed by atoms with Crippen LogP contribution in [0.4, 0.5) is 0 Å². The Labute approximate surface area is 75.0 Å². The topological polar surface area (TPSA) is 0 Å². The highest BCUT2D eigenvalue weighted by Crippen LogP contribution is 2.13. The molecular weight excluding hydrogens is 144 g/mol. The van der Waals surface area contributed by atoms with Crippen molar-refractivity contribution >= 4 is 0 Å². The molecule has 0 nitrogen and oxygen atoms in total. The van der Waals surface area contributed by atoms with Crippen LogP contribution in [0.1, 0.15) is 26.7 Å². The van der Waals surface area contributed by atoms with Crippen LogP contribution in [0.3, 0.4) is 0 Å². The second-order valence-electron chi connectivity index (χ2n) is 2.91. The van der Waals surface area contributed by atoms with E-state index in [0.29, 0.717) is 0 Å². The molecule has 0 N–H and O–H groups in total. The molecule has 1 rings (SSSR count). The molecule has 0 radical (unpaired) electrons. The summed E-state index contributed by atoms with van der Waals surface area (Å²) in [6.07, 6.45) is 15.3. The molecule has 12 heavy (non-hydrogen) atoms. The van der Waals surface area contributed by atoms with Crippen LogP contribution in [-0.2, 0) is 0 Å². The molecule has 1 aliphatic carbocycles. The lowest BCUT2D eigenvalue weighted by Crippen LogP contribution is -1.71. The Bertz CT molecular complexity index is 249. The van der Waals surface area contributed by atoms with Gasteiger partial charge >= 0.3 is 0 Å². The first kappa shape index (κ1) is 9.05. The lowest BCUT2D eigenvalue weighted by molar-refractivity contribution is 1.13. The van der Waals surface area contributed by atoms with Gasteiger partial charge in [-0.1, -0.05) is 49.0 Å². The maximum absolute atomic E-state index is 2.28. The van der Waals surface area contributed by atoms with Crippen molar-refractivity contribution in [1.29, 1.82) is 0 Å². The van der Waals surface area contributed by atoms with Crippen molar-refractivity contribution in [3.8, 4) is 0 Å². The first-order valence-electron chi connectivity index (χ1n) is 4.56. The normalized spacial score (nSPS) is 17.5. The SMILES string of the molecule is C/C=C/C1=CCC=C(CC)C=C1. The largest absolute Gasteiger partial charge is 0.0871 e. The molecule has 0 unspecified atom stereocenters. The summed E-state index contributed by atoms with van der Waals surface area (Å²) in [7, 11) is 0. The van der Waals surface area contributed by atoms with Gasteiger partial charge in [0.1, 0.15) is 0 Å². The number of hydrogen-bond donors (Lipinski definition) is 0. The molecule has 0 spiro atoms. The van der Waals surface area contributed by atoms with Crippen LogP contribution in [0.5, 0.6) is 0 Å². The summed E-state index contributed by atoms with van der Waals surface area (Å²) in [5.41, 5.74) is 2.75. The highest BCUT2D eigenvalue weighted by Gasteiger charge is 1.93. The maximum Gasteiger partial charge on any atom is -0.0154 e. The summed E-state index contributed by atoms with van der Waals surface area (Å²) < 4.78 is 0. The summed E-state index contributed by atoms with van der Waals surface area (Å²) in [4.78, 5) is 0. The summed E-state index contributed by atoms with van der Waals surface area (Å²) in [5, 5.41) is 0.